The number of aromatic nitrogens is 3. The molecule has 0 aliphatic carbocycles. The van der Waals surface area contributed by atoms with Crippen LogP contribution in [0.3, 0.4) is 0 Å². The van der Waals surface area contributed by atoms with Crippen molar-refractivity contribution in [3.63, 3.8) is 0 Å². The van der Waals surface area contributed by atoms with Crippen molar-refractivity contribution < 1.29 is 0 Å². The summed E-state index contributed by atoms with van der Waals surface area (Å²) in [5, 5.41) is 5.17. The molecule has 0 aliphatic heterocycles. The highest BCUT2D eigenvalue weighted by Gasteiger charge is 2.18. The number of hydrogen-bond donors (Lipinski definition) is 0. The third-order valence-electron chi connectivity index (χ3n) is 13.3. The highest BCUT2D eigenvalue weighted by molar-refractivity contribution is 6.23. The Bertz CT molecular complexity index is 3910. The quantitative estimate of drug-likeness (QED) is 0.152. The van der Waals surface area contributed by atoms with E-state index in [1.54, 1.807) is 0 Å². The molecule has 13 rings (SSSR count). The molecule has 0 bridgehead atoms. The van der Waals surface area contributed by atoms with E-state index in [2.05, 4.69) is 229 Å². The maximum absolute atomic E-state index is 5.12. The number of benzene rings is 10. The van der Waals surface area contributed by atoms with Crippen LogP contribution in [0.1, 0.15) is 0 Å². The van der Waals surface area contributed by atoms with Crippen molar-refractivity contribution in [3.8, 4) is 89.5 Å². The Balaban J connectivity index is 0.883. The van der Waals surface area contributed by atoms with Gasteiger partial charge in [0.05, 0.1) is 27.9 Å². The van der Waals surface area contributed by atoms with Crippen LogP contribution < -0.4 is 0 Å². The number of hydrogen-bond acceptors (Lipinski definition) is 2. The summed E-state index contributed by atoms with van der Waals surface area (Å²) in [7, 11) is 0. The Labute approximate surface area is 388 Å². The van der Waals surface area contributed by atoms with E-state index < -0.39 is 0 Å². The van der Waals surface area contributed by atoms with Crippen molar-refractivity contribution in [3.05, 3.63) is 249 Å². The van der Waals surface area contributed by atoms with E-state index in [-0.39, 0.29) is 0 Å². The van der Waals surface area contributed by atoms with E-state index in [1.807, 2.05) is 24.3 Å². The lowest BCUT2D eigenvalue weighted by molar-refractivity contribution is 1.18. The zero-order valence-corrected chi connectivity index (χ0v) is 36.5. The second-order valence-electron chi connectivity index (χ2n) is 17.4. The first-order valence-corrected chi connectivity index (χ1v) is 22.9. The van der Waals surface area contributed by atoms with Gasteiger partial charge in [0.1, 0.15) is 0 Å². The molecule has 3 heterocycles. The van der Waals surface area contributed by atoms with E-state index >= 15 is 0 Å². The van der Waals surface area contributed by atoms with E-state index in [0.29, 0.717) is 5.82 Å². The Kier molecular flexibility index (Phi) is 9.17. The van der Waals surface area contributed by atoms with E-state index in [9.17, 15) is 0 Å². The zero-order valence-electron chi connectivity index (χ0n) is 36.5. The molecule has 0 spiro atoms. The first kappa shape index (κ1) is 38.5. The van der Waals surface area contributed by atoms with Crippen LogP contribution >= 0.6 is 0 Å². The SMILES string of the molecule is c1ccc(-c2cc(-c3cccc(-c4cccc(-c5cccc(-c6cc(-c7ccccc7)nc(-c7ccccc7)n6)c5)c4)c3)cc(-c3ccc4c5cccc6c7ccccc7n(c4c3)c65)c2)cc1. The maximum Gasteiger partial charge on any atom is 0.160 e. The van der Waals surface area contributed by atoms with Crippen LogP contribution in [0.25, 0.3) is 128 Å². The molecule has 0 aliphatic rings. The third-order valence-corrected chi connectivity index (χ3v) is 13.3. The highest BCUT2D eigenvalue weighted by Crippen LogP contribution is 2.42. The molecule has 0 amide bonds. The summed E-state index contributed by atoms with van der Waals surface area (Å²) in [5.74, 6) is 0.709. The van der Waals surface area contributed by atoms with Gasteiger partial charge in [-0.05, 0) is 110 Å². The largest absolute Gasteiger partial charge is 0.308 e. The van der Waals surface area contributed by atoms with E-state index in [1.165, 1.54) is 71.5 Å². The van der Waals surface area contributed by atoms with Crippen molar-refractivity contribution >= 4 is 38.1 Å². The molecule has 67 heavy (non-hydrogen) atoms. The van der Waals surface area contributed by atoms with Gasteiger partial charge in [-0.3, -0.25) is 0 Å². The van der Waals surface area contributed by atoms with Crippen molar-refractivity contribution in [2.24, 2.45) is 0 Å². The van der Waals surface area contributed by atoms with Crippen LogP contribution in [0.2, 0.25) is 0 Å². The van der Waals surface area contributed by atoms with Gasteiger partial charge in [-0.25, -0.2) is 9.97 Å². The first-order valence-electron chi connectivity index (χ1n) is 22.9. The Morgan fingerprint density at radius 3 is 1.22 bits per heavy atom. The van der Waals surface area contributed by atoms with Crippen molar-refractivity contribution in [1.82, 2.24) is 14.4 Å². The van der Waals surface area contributed by atoms with Gasteiger partial charge >= 0.3 is 0 Å². The summed E-state index contributed by atoms with van der Waals surface area (Å²) in [6.07, 6.45) is 0. The molecule has 10 aromatic carbocycles. The lowest BCUT2D eigenvalue weighted by Gasteiger charge is -2.13. The molecular formula is C64H41N3. The summed E-state index contributed by atoms with van der Waals surface area (Å²) in [4.78, 5) is 10.1. The van der Waals surface area contributed by atoms with Crippen LogP contribution in [0, 0.1) is 0 Å². The van der Waals surface area contributed by atoms with E-state index in [0.717, 1.165) is 50.3 Å². The van der Waals surface area contributed by atoms with Crippen molar-refractivity contribution in [1.29, 1.82) is 0 Å². The summed E-state index contributed by atoms with van der Waals surface area (Å²) in [6.45, 7) is 0. The van der Waals surface area contributed by atoms with Crippen molar-refractivity contribution in [2.45, 2.75) is 0 Å². The molecule has 0 radical (unpaired) electrons. The normalized spacial score (nSPS) is 11.6. The van der Waals surface area contributed by atoms with Gasteiger partial charge < -0.3 is 4.40 Å². The number of nitrogens with zero attached hydrogens (tertiary/aromatic N) is 3. The molecule has 13 aromatic rings. The number of rotatable bonds is 8. The molecule has 312 valence electrons. The molecule has 0 unspecified atom stereocenters. The number of para-hydroxylation sites is 2. The van der Waals surface area contributed by atoms with Crippen LogP contribution in [0.15, 0.2) is 249 Å². The van der Waals surface area contributed by atoms with Crippen LogP contribution in [0.5, 0.6) is 0 Å². The Morgan fingerprint density at radius 2 is 0.612 bits per heavy atom. The summed E-state index contributed by atoms with van der Waals surface area (Å²) in [6, 6.07) is 89.5. The van der Waals surface area contributed by atoms with Gasteiger partial charge in [-0.15, -0.1) is 0 Å². The second-order valence-corrected chi connectivity index (χ2v) is 17.4. The molecule has 0 N–H and O–H groups in total. The van der Waals surface area contributed by atoms with Crippen LogP contribution in [0.4, 0.5) is 0 Å². The second kappa shape index (κ2) is 16.0. The topological polar surface area (TPSA) is 30.2 Å². The van der Waals surface area contributed by atoms with Gasteiger partial charge in [0.25, 0.3) is 0 Å². The summed E-state index contributed by atoms with van der Waals surface area (Å²) < 4.78 is 2.47. The molecule has 3 aromatic heterocycles. The van der Waals surface area contributed by atoms with Gasteiger partial charge in [0, 0.05) is 38.2 Å². The first-order chi connectivity index (χ1) is 33.2. The lowest BCUT2D eigenvalue weighted by Crippen LogP contribution is -1.96. The predicted molar refractivity (Wildman–Crippen MR) is 280 cm³/mol. The van der Waals surface area contributed by atoms with Gasteiger partial charge in [0.15, 0.2) is 5.82 Å². The third kappa shape index (κ3) is 6.84. The molecule has 0 saturated heterocycles. The predicted octanol–water partition coefficient (Wildman–Crippen LogP) is 17.0. The van der Waals surface area contributed by atoms with Crippen LogP contribution in [-0.4, -0.2) is 14.4 Å². The molecule has 3 nitrogen and oxygen atoms in total. The molecular weight excluding hydrogens is 811 g/mol. The van der Waals surface area contributed by atoms with E-state index in [4.69, 9.17) is 9.97 Å². The maximum atomic E-state index is 5.12. The van der Waals surface area contributed by atoms with Gasteiger partial charge in [0.2, 0.25) is 0 Å². The van der Waals surface area contributed by atoms with Gasteiger partial charge in [-0.1, -0.05) is 194 Å². The average molecular weight is 852 g/mol. The fraction of sp³-hybridized carbons (Fsp3) is 0. The van der Waals surface area contributed by atoms with Gasteiger partial charge in [-0.2, -0.15) is 0 Å². The molecule has 0 saturated carbocycles. The fourth-order valence-electron chi connectivity index (χ4n) is 10.1. The van der Waals surface area contributed by atoms with Crippen molar-refractivity contribution in [2.75, 3.05) is 0 Å². The Hall–Kier alpha value is -8.92. The molecule has 0 fully saturated rings. The molecule has 0 atom stereocenters. The summed E-state index contributed by atoms with van der Waals surface area (Å²) >= 11 is 0. The fourth-order valence-corrected chi connectivity index (χ4v) is 10.1. The standard InChI is InChI=1S/C64H41N3/c1-4-16-42(17-5-1)52-37-53(39-54(38-52)50-32-33-56-58-30-15-29-57-55-28-10-11-31-61(55)67(63(57)58)62(56)40-50)49-26-13-24-47(35-49)45-22-12-23-46(34-45)48-25-14-27-51(36-48)60-41-59(43-18-6-2-7-19-43)65-64(66-60)44-20-8-3-9-21-44/h1-41H. The zero-order chi connectivity index (χ0) is 44.3. The highest BCUT2D eigenvalue weighted by atomic mass is 14.9. The minimum absolute atomic E-state index is 0.709. The van der Waals surface area contributed by atoms with Crippen LogP contribution in [-0.2, 0) is 0 Å². The Morgan fingerprint density at radius 1 is 0.224 bits per heavy atom. The molecule has 3 heteroatoms. The average Bonchev–Trinajstić information content (AvgIpc) is 3.94. The smallest absolute Gasteiger partial charge is 0.160 e. The number of fused-ring (bicyclic) bond motifs is 6. The monoisotopic (exact) mass is 851 g/mol. The minimum atomic E-state index is 0.709. The lowest BCUT2D eigenvalue weighted by atomic mass is 9.91. The summed E-state index contributed by atoms with van der Waals surface area (Å²) in [5.41, 5.74) is 20.3. The minimum Gasteiger partial charge on any atom is -0.308 e.